The molecule has 3 aromatic rings. The fraction of sp³-hybridized carbons (Fsp3) is 0.0667. The first-order valence-corrected chi connectivity index (χ1v) is 7.56. The Morgan fingerprint density at radius 1 is 1.29 bits per heavy atom. The number of benzene rings is 2. The highest BCUT2D eigenvalue weighted by atomic mass is 32.1. The second kappa shape index (κ2) is 6.59. The van der Waals surface area contributed by atoms with Crippen LogP contribution in [-0.2, 0) is 4.79 Å². The van der Waals surface area contributed by atoms with Crippen LogP contribution in [0.1, 0.15) is 0 Å². The van der Waals surface area contributed by atoms with E-state index in [2.05, 4.69) is 10.3 Å². The van der Waals surface area contributed by atoms with Gasteiger partial charge in [0.05, 0.1) is 15.1 Å². The average Bonchev–Trinajstić information content (AvgIpc) is 2.95. The molecule has 0 atom stereocenters. The van der Waals surface area contributed by atoms with Gasteiger partial charge in [-0.3, -0.25) is 20.2 Å². The fourth-order valence-electron chi connectivity index (χ4n) is 1.92. The van der Waals surface area contributed by atoms with Gasteiger partial charge in [0, 0.05) is 12.1 Å². The molecule has 0 radical (unpaired) electrons. The summed E-state index contributed by atoms with van der Waals surface area (Å²) in [7, 11) is 0. The van der Waals surface area contributed by atoms with Crippen molar-refractivity contribution in [1.29, 1.82) is 0 Å². The summed E-state index contributed by atoms with van der Waals surface area (Å²) >= 11 is 1.20. The number of carbonyl (C=O) groups is 1. The molecule has 24 heavy (non-hydrogen) atoms. The molecule has 122 valence electrons. The van der Waals surface area contributed by atoms with E-state index in [0.717, 1.165) is 4.70 Å². The molecule has 1 N–H and O–H groups in total. The maximum Gasteiger partial charge on any atom is 0.271 e. The number of non-ortho nitro benzene ring substituents is 1. The number of fused-ring (bicyclic) bond motifs is 1. The molecule has 0 aliphatic carbocycles. The number of hydrogen-bond acceptors (Lipinski definition) is 6. The lowest BCUT2D eigenvalue weighted by Gasteiger charge is -2.05. The molecular weight excluding hydrogens is 337 g/mol. The Morgan fingerprint density at radius 3 is 2.75 bits per heavy atom. The maximum absolute atomic E-state index is 12.8. The summed E-state index contributed by atoms with van der Waals surface area (Å²) in [5.74, 6) is -0.463. The second-order valence-electron chi connectivity index (χ2n) is 4.72. The molecule has 0 saturated carbocycles. The molecule has 3 rings (SSSR count). The van der Waals surface area contributed by atoms with Crippen LogP contribution in [0.25, 0.3) is 10.2 Å². The quantitative estimate of drug-likeness (QED) is 0.564. The molecule has 0 saturated heterocycles. The van der Waals surface area contributed by atoms with E-state index in [0.29, 0.717) is 16.4 Å². The van der Waals surface area contributed by atoms with Gasteiger partial charge >= 0.3 is 0 Å². The molecule has 1 aromatic heterocycles. The third-order valence-corrected chi connectivity index (χ3v) is 3.96. The van der Waals surface area contributed by atoms with Gasteiger partial charge in [-0.05, 0) is 30.3 Å². The largest absolute Gasteiger partial charge is 0.484 e. The summed E-state index contributed by atoms with van der Waals surface area (Å²) in [6, 6.07) is 9.59. The minimum atomic E-state index is -0.506. The molecule has 0 fully saturated rings. The number of nitrogens with zero attached hydrogens (tertiary/aromatic N) is 2. The zero-order valence-electron chi connectivity index (χ0n) is 12.1. The highest BCUT2D eigenvalue weighted by Gasteiger charge is 2.12. The first-order chi connectivity index (χ1) is 11.5. The van der Waals surface area contributed by atoms with Crippen molar-refractivity contribution in [2.75, 3.05) is 11.9 Å². The molecule has 2 aromatic carbocycles. The van der Waals surface area contributed by atoms with Gasteiger partial charge in [-0.15, -0.1) is 0 Å². The Kier molecular flexibility index (Phi) is 4.34. The van der Waals surface area contributed by atoms with Crippen LogP contribution in [0.3, 0.4) is 0 Å². The number of halogens is 1. The van der Waals surface area contributed by atoms with Crippen molar-refractivity contribution in [3.63, 3.8) is 0 Å². The van der Waals surface area contributed by atoms with E-state index in [9.17, 15) is 19.3 Å². The standard InChI is InChI=1S/C15H10FN3O4S/c16-9-1-4-11(5-2-9)23-8-14(20)18-15-17-12-7-10(19(21)22)3-6-13(12)24-15/h1-7H,8H2,(H,17,18,20). The number of hydrogen-bond donors (Lipinski definition) is 1. The van der Waals surface area contributed by atoms with Crippen LogP contribution in [0, 0.1) is 15.9 Å². The Balaban J connectivity index is 1.64. The van der Waals surface area contributed by atoms with Crippen molar-refractivity contribution in [2.24, 2.45) is 0 Å². The van der Waals surface area contributed by atoms with E-state index in [1.165, 1.54) is 47.7 Å². The molecule has 0 aliphatic rings. The summed E-state index contributed by atoms with van der Waals surface area (Å²) in [6.07, 6.45) is 0. The van der Waals surface area contributed by atoms with Crippen LogP contribution in [-0.4, -0.2) is 22.4 Å². The topological polar surface area (TPSA) is 94.4 Å². The van der Waals surface area contributed by atoms with Gasteiger partial charge in [0.2, 0.25) is 0 Å². The highest BCUT2D eigenvalue weighted by molar-refractivity contribution is 7.22. The molecular formula is C15H10FN3O4S. The van der Waals surface area contributed by atoms with Gasteiger partial charge < -0.3 is 4.74 Å². The van der Waals surface area contributed by atoms with E-state index in [1.807, 2.05) is 0 Å². The van der Waals surface area contributed by atoms with Gasteiger partial charge in [0.1, 0.15) is 11.6 Å². The number of aromatic nitrogens is 1. The average molecular weight is 347 g/mol. The molecule has 1 amide bonds. The maximum atomic E-state index is 12.8. The lowest BCUT2D eigenvalue weighted by molar-refractivity contribution is -0.384. The number of ether oxygens (including phenoxy) is 1. The fourth-order valence-corrected chi connectivity index (χ4v) is 2.78. The smallest absolute Gasteiger partial charge is 0.271 e. The minimum Gasteiger partial charge on any atom is -0.484 e. The van der Waals surface area contributed by atoms with Gasteiger partial charge in [0.25, 0.3) is 11.6 Å². The van der Waals surface area contributed by atoms with E-state index < -0.39 is 16.6 Å². The molecule has 0 aliphatic heterocycles. The first kappa shape index (κ1) is 15.8. The van der Waals surface area contributed by atoms with Crippen LogP contribution in [0.5, 0.6) is 5.75 Å². The lowest BCUT2D eigenvalue weighted by atomic mass is 10.3. The predicted octanol–water partition coefficient (Wildman–Crippen LogP) is 3.36. The van der Waals surface area contributed by atoms with Gasteiger partial charge in [0.15, 0.2) is 11.7 Å². The van der Waals surface area contributed by atoms with E-state index >= 15 is 0 Å². The molecule has 7 nitrogen and oxygen atoms in total. The molecule has 1 heterocycles. The summed E-state index contributed by atoms with van der Waals surface area (Å²) < 4.78 is 18.7. The minimum absolute atomic E-state index is 0.0645. The zero-order chi connectivity index (χ0) is 17.1. The number of anilines is 1. The highest BCUT2D eigenvalue weighted by Crippen LogP contribution is 2.28. The molecule has 0 unspecified atom stereocenters. The number of nitro benzene ring substituents is 1. The van der Waals surface area contributed by atoms with Crippen molar-refractivity contribution in [3.05, 3.63) is 58.4 Å². The summed E-state index contributed by atoms with van der Waals surface area (Å²) in [5.41, 5.74) is 0.370. The van der Waals surface area contributed by atoms with Gasteiger partial charge in [-0.25, -0.2) is 9.37 Å². The summed E-state index contributed by atoms with van der Waals surface area (Å²) in [5, 5.41) is 13.6. The van der Waals surface area contributed by atoms with Crippen LogP contribution in [0.2, 0.25) is 0 Å². The Bertz CT molecular complexity index is 911. The van der Waals surface area contributed by atoms with E-state index in [1.54, 1.807) is 6.07 Å². The number of amides is 1. The summed E-state index contributed by atoms with van der Waals surface area (Å²) in [6.45, 7) is -0.262. The Hall–Kier alpha value is -3.07. The van der Waals surface area contributed by atoms with E-state index in [4.69, 9.17) is 4.74 Å². The van der Waals surface area contributed by atoms with Crippen molar-refractivity contribution in [2.45, 2.75) is 0 Å². The van der Waals surface area contributed by atoms with Gasteiger partial charge in [-0.2, -0.15) is 0 Å². The number of carbonyl (C=O) groups excluding carboxylic acids is 1. The van der Waals surface area contributed by atoms with Crippen LogP contribution in [0.4, 0.5) is 15.2 Å². The van der Waals surface area contributed by atoms with Gasteiger partial charge in [-0.1, -0.05) is 11.3 Å². The van der Waals surface area contributed by atoms with E-state index in [-0.39, 0.29) is 12.3 Å². The first-order valence-electron chi connectivity index (χ1n) is 6.74. The van der Waals surface area contributed by atoms with Crippen LogP contribution in [0.15, 0.2) is 42.5 Å². The SMILES string of the molecule is O=C(COc1ccc(F)cc1)Nc1nc2cc([N+](=O)[O-])ccc2s1. The number of nitro groups is 1. The van der Waals surface area contributed by atoms with Crippen molar-refractivity contribution in [3.8, 4) is 5.75 Å². The number of nitrogens with one attached hydrogen (secondary N) is 1. The number of thiazole rings is 1. The Labute approximate surface area is 138 Å². The third-order valence-electron chi connectivity index (χ3n) is 3.01. The summed E-state index contributed by atoms with van der Waals surface area (Å²) in [4.78, 5) is 26.2. The molecule has 0 spiro atoms. The normalized spacial score (nSPS) is 10.5. The monoisotopic (exact) mass is 347 g/mol. The van der Waals surface area contributed by atoms with Crippen LogP contribution >= 0.6 is 11.3 Å². The number of rotatable bonds is 5. The lowest BCUT2D eigenvalue weighted by Crippen LogP contribution is -2.19. The Morgan fingerprint density at radius 2 is 2.04 bits per heavy atom. The zero-order valence-corrected chi connectivity index (χ0v) is 12.9. The van der Waals surface area contributed by atoms with Crippen molar-refractivity contribution in [1.82, 2.24) is 4.98 Å². The molecule has 9 heteroatoms. The third kappa shape index (κ3) is 3.63. The second-order valence-corrected chi connectivity index (χ2v) is 5.75. The van der Waals surface area contributed by atoms with Crippen LogP contribution < -0.4 is 10.1 Å². The predicted molar refractivity (Wildman–Crippen MR) is 86.8 cm³/mol. The molecule has 0 bridgehead atoms. The van der Waals surface area contributed by atoms with Crippen molar-refractivity contribution >= 4 is 38.3 Å². The van der Waals surface area contributed by atoms with Crippen molar-refractivity contribution < 1.29 is 18.8 Å².